The molecule has 0 radical (unpaired) electrons. The van der Waals surface area contributed by atoms with Gasteiger partial charge in [-0.15, -0.1) is 0 Å². The number of amides is 1. The zero-order valence-electron chi connectivity index (χ0n) is 11.1. The van der Waals surface area contributed by atoms with Crippen LogP contribution in [0.5, 0.6) is 0 Å². The fraction of sp³-hybridized carbons (Fsp3) is 0.357. The molecule has 3 rings (SSSR count). The molecule has 2 aliphatic rings. The van der Waals surface area contributed by atoms with E-state index in [1.807, 2.05) is 30.3 Å². The first-order valence-electron chi connectivity index (χ1n) is 6.53. The van der Waals surface area contributed by atoms with Crippen molar-refractivity contribution in [2.45, 2.75) is 18.9 Å². The van der Waals surface area contributed by atoms with Crippen LogP contribution in [0.4, 0.5) is 10.5 Å². The Balaban J connectivity index is 1.86. The van der Waals surface area contributed by atoms with Crippen LogP contribution in [0.15, 0.2) is 35.3 Å². The van der Waals surface area contributed by atoms with Gasteiger partial charge < -0.3 is 10.1 Å². The van der Waals surface area contributed by atoms with Gasteiger partial charge in [0.05, 0.1) is 0 Å². The van der Waals surface area contributed by atoms with E-state index in [4.69, 9.17) is 17.0 Å². The molecular weight excluding hydrogens is 274 g/mol. The highest BCUT2D eigenvalue weighted by Gasteiger charge is 2.52. The van der Waals surface area contributed by atoms with Gasteiger partial charge in [-0.3, -0.25) is 9.89 Å². The van der Waals surface area contributed by atoms with Crippen molar-refractivity contribution in [3.8, 4) is 0 Å². The van der Waals surface area contributed by atoms with Crippen molar-refractivity contribution < 1.29 is 9.53 Å². The van der Waals surface area contributed by atoms with Crippen molar-refractivity contribution >= 4 is 34.8 Å². The first-order valence-corrected chi connectivity index (χ1v) is 6.94. The SMILES string of the molecule is CC1(C(=S)Nc2ccccc2)OC(=O)N2CCCN=C21. The number of aliphatic imine (C=N–C) groups is 1. The second-order valence-electron chi connectivity index (χ2n) is 4.93. The van der Waals surface area contributed by atoms with E-state index in [0.717, 1.165) is 12.1 Å². The second kappa shape index (κ2) is 4.86. The molecule has 0 bridgehead atoms. The topological polar surface area (TPSA) is 53.9 Å². The lowest BCUT2D eigenvalue weighted by Crippen LogP contribution is -2.48. The molecule has 0 saturated carbocycles. The Hall–Kier alpha value is -1.95. The largest absolute Gasteiger partial charge is 0.427 e. The molecule has 2 aliphatic heterocycles. The first kappa shape index (κ1) is 13.1. The molecule has 0 aromatic heterocycles. The molecule has 1 atom stereocenters. The molecule has 0 spiro atoms. The number of carbonyl (C=O) groups excluding carboxylic acids is 1. The number of rotatable bonds is 2. The number of amidine groups is 1. The Morgan fingerprint density at radius 1 is 1.45 bits per heavy atom. The van der Waals surface area contributed by atoms with E-state index in [1.165, 1.54) is 0 Å². The summed E-state index contributed by atoms with van der Waals surface area (Å²) in [6, 6.07) is 9.58. The molecule has 1 N–H and O–H groups in total. The lowest BCUT2D eigenvalue weighted by Gasteiger charge is -2.27. The van der Waals surface area contributed by atoms with Crippen molar-refractivity contribution in [3.63, 3.8) is 0 Å². The summed E-state index contributed by atoms with van der Waals surface area (Å²) in [6.45, 7) is 3.13. The zero-order valence-corrected chi connectivity index (χ0v) is 11.9. The van der Waals surface area contributed by atoms with Crippen molar-refractivity contribution in [2.75, 3.05) is 18.4 Å². The summed E-state index contributed by atoms with van der Waals surface area (Å²) in [5, 5.41) is 3.12. The zero-order chi connectivity index (χ0) is 14.2. The molecule has 5 nitrogen and oxygen atoms in total. The van der Waals surface area contributed by atoms with Gasteiger partial charge in [0.2, 0.25) is 5.60 Å². The van der Waals surface area contributed by atoms with Crippen molar-refractivity contribution in [1.82, 2.24) is 4.90 Å². The summed E-state index contributed by atoms with van der Waals surface area (Å²) < 4.78 is 5.48. The van der Waals surface area contributed by atoms with Crippen molar-refractivity contribution in [2.24, 2.45) is 4.99 Å². The third-order valence-corrected chi connectivity index (χ3v) is 3.95. The Kier molecular flexibility index (Phi) is 3.17. The Labute approximate surface area is 122 Å². The lowest BCUT2D eigenvalue weighted by molar-refractivity contribution is 0.122. The van der Waals surface area contributed by atoms with Gasteiger partial charge in [0, 0.05) is 18.8 Å². The summed E-state index contributed by atoms with van der Waals surface area (Å²) in [7, 11) is 0. The molecule has 2 heterocycles. The van der Waals surface area contributed by atoms with E-state index in [0.29, 0.717) is 23.9 Å². The lowest BCUT2D eigenvalue weighted by atomic mass is 10.0. The van der Waals surface area contributed by atoms with Crippen LogP contribution in [-0.2, 0) is 4.74 Å². The molecule has 1 saturated heterocycles. The number of fused-ring (bicyclic) bond motifs is 1. The molecule has 20 heavy (non-hydrogen) atoms. The van der Waals surface area contributed by atoms with Crippen LogP contribution in [0.1, 0.15) is 13.3 Å². The average Bonchev–Trinajstić information content (AvgIpc) is 2.74. The van der Waals surface area contributed by atoms with Crippen LogP contribution >= 0.6 is 12.2 Å². The van der Waals surface area contributed by atoms with Gasteiger partial charge in [0.1, 0.15) is 4.99 Å². The Bertz CT molecular complexity index is 587. The highest BCUT2D eigenvalue weighted by Crippen LogP contribution is 2.29. The van der Waals surface area contributed by atoms with Crippen LogP contribution in [0.2, 0.25) is 0 Å². The molecular formula is C14H15N3O2S. The van der Waals surface area contributed by atoms with Crippen LogP contribution < -0.4 is 5.32 Å². The van der Waals surface area contributed by atoms with Gasteiger partial charge in [-0.25, -0.2) is 4.79 Å². The van der Waals surface area contributed by atoms with E-state index in [2.05, 4.69) is 10.3 Å². The van der Waals surface area contributed by atoms with E-state index in [-0.39, 0.29) is 6.09 Å². The number of ether oxygens (including phenoxy) is 1. The van der Waals surface area contributed by atoms with Gasteiger partial charge in [-0.2, -0.15) is 0 Å². The van der Waals surface area contributed by atoms with Gasteiger partial charge in [-0.05, 0) is 25.5 Å². The smallest absolute Gasteiger partial charge is 0.416 e. The number of nitrogens with zero attached hydrogens (tertiary/aromatic N) is 2. The van der Waals surface area contributed by atoms with Crippen molar-refractivity contribution in [1.29, 1.82) is 0 Å². The fourth-order valence-electron chi connectivity index (χ4n) is 2.39. The fourth-order valence-corrected chi connectivity index (χ4v) is 2.64. The molecule has 1 amide bonds. The van der Waals surface area contributed by atoms with Crippen molar-refractivity contribution in [3.05, 3.63) is 30.3 Å². The monoisotopic (exact) mass is 289 g/mol. The number of anilines is 1. The summed E-state index contributed by atoms with van der Waals surface area (Å²) in [6.07, 6.45) is 0.483. The second-order valence-corrected chi connectivity index (χ2v) is 5.34. The number of hydrogen-bond acceptors (Lipinski definition) is 4. The highest BCUT2D eigenvalue weighted by molar-refractivity contribution is 7.80. The maximum absolute atomic E-state index is 11.9. The van der Waals surface area contributed by atoms with E-state index in [1.54, 1.807) is 11.8 Å². The summed E-state index contributed by atoms with van der Waals surface area (Å²) in [5.74, 6) is 0.613. The predicted octanol–water partition coefficient (Wildman–Crippen LogP) is 2.44. The van der Waals surface area contributed by atoms with Crippen LogP contribution in [0.25, 0.3) is 0 Å². The number of hydrogen-bond donors (Lipinski definition) is 1. The number of benzene rings is 1. The predicted molar refractivity (Wildman–Crippen MR) is 81.2 cm³/mol. The normalized spacial score (nSPS) is 24.8. The van der Waals surface area contributed by atoms with E-state index in [9.17, 15) is 4.79 Å². The first-order chi connectivity index (χ1) is 9.61. The maximum atomic E-state index is 11.9. The molecule has 1 fully saturated rings. The van der Waals surface area contributed by atoms with Crippen LogP contribution in [-0.4, -0.2) is 40.5 Å². The minimum atomic E-state index is -0.983. The summed E-state index contributed by atoms with van der Waals surface area (Å²) in [4.78, 5) is 18.4. The molecule has 1 aromatic rings. The number of carbonyl (C=O) groups is 1. The third kappa shape index (κ3) is 2.06. The average molecular weight is 289 g/mol. The summed E-state index contributed by atoms with van der Waals surface area (Å²) in [5.41, 5.74) is -0.118. The number of para-hydroxylation sites is 1. The van der Waals surface area contributed by atoms with Gasteiger partial charge in [0.25, 0.3) is 0 Å². The number of cyclic esters (lactones) is 1. The van der Waals surface area contributed by atoms with E-state index < -0.39 is 5.60 Å². The Morgan fingerprint density at radius 2 is 2.20 bits per heavy atom. The molecule has 6 heteroatoms. The number of thiocarbonyl (C=S) groups is 1. The van der Waals surface area contributed by atoms with E-state index >= 15 is 0 Å². The van der Waals surface area contributed by atoms with Crippen LogP contribution in [0, 0.1) is 0 Å². The van der Waals surface area contributed by atoms with Crippen LogP contribution in [0.3, 0.4) is 0 Å². The minimum absolute atomic E-state index is 0.372. The van der Waals surface area contributed by atoms with Gasteiger partial charge in [-0.1, -0.05) is 30.4 Å². The molecule has 1 unspecified atom stereocenters. The highest BCUT2D eigenvalue weighted by atomic mass is 32.1. The molecule has 1 aromatic carbocycles. The molecule has 104 valence electrons. The number of nitrogens with one attached hydrogen (secondary N) is 1. The molecule has 0 aliphatic carbocycles. The van der Waals surface area contributed by atoms with Gasteiger partial charge in [0.15, 0.2) is 5.84 Å². The quantitative estimate of drug-likeness (QED) is 0.850. The Morgan fingerprint density at radius 3 is 2.95 bits per heavy atom. The summed E-state index contributed by atoms with van der Waals surface area (Å²) >= 11 is 5.43. The standard InChI is InChI=1S/C14H15N3O2S/c1-14(12(20)16-10-6-3-2-4-7-10)11-15-8-5-9-17(11)13(18)19-14/h2-4,6-7H,5,8-9H2,1H3,(H,16,20). The maximum Gasteiger partial charge on any atom is 0.416 e. The third-order valence-electron chi connectivity index (χ3n) is 3.46. The van der Waals surface area contributed by atoms with Gasteiger partial charge >= 0.3 is 6.09 Å². The minimum Gasteiger partial charge on any atom is -0.427 e.